The van der Waals surface area contributed by atoms with Crippen LogP contribution in [-0.2, 0) is 0 Å². The Morgan fingerprint density at radius 2 is 0.550 bits per heavy atom. The number of fused-ring (bicyclic) bond motifs is 6. The average Bonchev–Trinajstić information content (AvgIpc) is 3.29. The second-order valence-electron chi connectivity index (χ2n) is 18.1. The number of rotatable bonds is 4. The highest BCUT2D eigenvalue weighted by atomic mass is 28.3. The van der Waals surface area contributed by atoms with Gasteiger partial charge in [-0.05, 0) is 144 Å². The third-order valence-corrected chi connectivity index (χ3v) is 21.1. The quantitative estimate of drug-likeness (QED) is 0.156. The molecule has 0 aromatic heterocycles. The molecule has 10 aromatic carbocycles. The lowest BCUT2D eigenvalue weighted by Gasteiger charge is -2.39. The van der Waals surface area contributed by atoms with E-state index in [2.05, 4.69) is 220 Å². The van der Waals surface area contributed by atoms with Crippen molar-refractivity contribution in [3.63, 3.8) is 0 Å². The van der Waals surface area contributed by atoms with Gasteiger partial charge in [0.15, 0.2) is 0 Å². The van der Waals surface area contributed by atoms with Gasteiger partial charge >= 0.3 is 0 Å². The Morgan fingerprint density at radius 3 is 0.917 bits per heavy atom. The van der Waals surface area contributed by atoms with Crippen molar-refractivity contribution < 1.29 is 0 Å². The summed E-state index contributed by atoms with van der Waals surface area (Å²) >= 11 is 0. The van der Waals surface area contributed by atoms with Crippen LogP contribution in [0, 0.1) is 0 Å². The lowest BCUT2D eigenvalue weighted by atomic mass is 9.87. The van der Waals surface area contributed by atoms with Crippen molar-refractivity contribution in [3.8, 4) is 66.8 Å². The average molecular weight is 797 g/mol. The summed E-state index contributed by atoms with van der Waals surface area (Å²) in [4.78, 5) is 0. The van der Waals surface area contributed by atoms with Crippen molar-refractivity contribution in [2.75, 3.05) is 0 Å². The lowest BCUT2D eigenvalue weighted by Crippen LogP contribution is -2.59. The lowest BCUT2D eigenvalue weighted by molar-refractivity contribution is 1.57. The van der Waals surface area contributed by atoms with Crippen molar-refractivity contribution in [2.24, 2.45) is 0 Å². The Labute approximate surface area is 354 Å². The molecule has 0 amide bonds. The second kappa shape index (κ2) is 13.0. The highest BCUT2D eigenvalue weighted by Crippen LogP contribution is 2.44. The highest BCUT2D eigenvalue weighted by Gasteiger charge is 2.41. The van der Waals surface area contributed by atoms with Crippen molar-refractivity contribution in [3.05, 3.63) is 194 Å². The van der Waals surface area contributed by atoms with E-state index in [1.807, 2.05) is 0 Å². The number of hydrogen-bond acceptors (Lipinski definition) is 0. The van der Waals surface area contributed by atoms with Gasteiger partial charge < -0.3 is 0 Å². The molecule has 12 rings (SSSR count). The molecule has 0 spiro atoms. The van der Waals surface area contributed by atoms with Gasteiger partial charge in [0.1, 0.15) is 16.1 Å². The van der Waals surface area contributed by atoms with E-state index < -0.39 is 16.1 Å². The fourth-order valence-electron chi connectivity index (χ4n) is 10.9. The van der Waals surface area contributed by atoms with Crippen molar-refractivity contribution >= 4 is 69.2 Å². The van der Waals surface area contributed by atoms with E-state index in [0.29, 0.717) is 0 Å². The summed E-state index contributed by atoms with van der Waals surface area (Å²) in [5, 5.41) is 14.3. The van der Waals surface area contributed by atoms with E-state index in [-0.39, 0.29) is 0 Å². The molecule has 0 bridgehead atoms. The molecule has 2 aliphatic rings. The van der Waals surface area contributed by atoms with Gasteiger partial charge in [-0.25, -0.2) is 0 Å². The minimum atomic E-state index is -2.15. The molecule has 0 atom stereocenters. The monoisotopic (exact) mass is 796 g/mol. The largest absolute Gasteiger partial charge is 0.113 e. The first kappa shape index (κ1) is 35.4. The predicted molar refractivity (Wildman–Crippen MR) is 265 cm³/mol. The molecule has 10 aromatic rings. The van der Waals surface area contributed by atoms with Crippen LogP contribution in [0.5, 0.6) is 0 Å². The van der Waals surface area contributed by atoms with Gasteiger partial charge in [-0.2, -0.15) is 0 Å². The smallest absolute Gasteiger partial charge is 0.0622 e. The summed E-state index contributed by atoms with van der Waals surface area (Å²) in [5.41, 5.74) is 15.9. The van der Waals surface area contributed by atoms with Crippen LogP contribution in [0.15, 0.2) is 194 Å². The van der Waals surface area contributed by atoms with Crippen molar-refractivity contribution in [1.29, 1.82) is 0 Å². The Morgan fingerprint density at radius 1 is 0.233 bits per heavy atom. The Kier molecular flexibility index (Phi) is 7.64. The molecule has 2 heteroatoms. The summed E-state index contributed by atoms with van der Waals surface area (Å²) in [7, 11) is -4.30. The van der Waals surface area contributed by atoms with Crippen molar-refractivity contribution in [2.45, 2.75) is 26.2 Å². The molecule has 0 saturated heterocycles. The Bertz CT molecular complexity index is 3180. The zero-order valence-electron chi connectivity index (χ0n) is 34.5. The molecule has 2 heterocycles. The minimum Gasteiger partial charge on any atom is -0.0622 e. The molecular weight excluding hydrogens is 753 g/mol. The first-order chi connectivity index (χ1) is 29.3. The summed E-state index contributed by atoms with van der Waals surface area (Å²) in [5.74, 6) is 0. The maximum absolute atomic E-state index is 2.58. The van der Waals surface area contributed by atoms with E-state index in [4.69, 9.17) is 0 Å². The van der Waals surface area contributed by atoms with Crippen LogP contribution in [0.3, 0.4) is 0 Å². The van der Waals surface area contributed by atoms with Crippen LogP contribution in [0.4, 0.5) is 0 Å². The SMILES string of the molecule is C[Si]1(C)c2cc(-c3cc4ccccc4cc3-c3ccccc3)ccc2-c2ccc3c4c(ccc1c24)[Si](C)(C)c1cc(-c2cc4ccccc4cc2-c2ccccc2)ccc1-3. The highest BCUT2D eigenvalue weighted by molar-refractivity contribution is 7.05. The van der Waals surface area contributed by atoms with Crippen LogP contribution >= 0.6 is 0 Å². The summed E-state index contributed by atoms with van der Waals surface area (Å²) < 4.78 is 0. The van der Waals surface area contributed by atoms with Crippen molar-refractivity contribution in [1.82, 2.24) is 0 Å². The van der Waals surface area contributed by atoms with Gasteiger partial charge in [0.25, 0.3) is 0 Å². The summed E-state index contributed by atoms with van der Waals surface area (Å²) in [6, 6.07) is 73.8. The number of benzene rings is 10. The summed E-state index contributed by atoms with van der Waals surface area (Å²) in [6.45, 7) is 10.3. The van der Waals surface area contributed by atoms with Gasteiger partial charge in [-0.1, -0.05) is 196 Å². The maximum Gasteiger partial charge on any atom is 0.113 e. The molecule has 0 saturated carbocycles. The molecule has 284 valence electrons. The van der Waals surface area contributed by atoms with Crippen LogP contribution in [0.25, 0.3) is 99.1 Å². The Hall–Kier alpha value is -6.59. The normalized spacial score (nSPS) is 14.3. The van der Waals surface area contributed by atoms with Gasteiger partial charge in [0, 0.05) is 0 Å². The van der Waals surface area contributed by atoms with E-state index in [1.165, 1.54) is 109 Å². The van der Waals surface area contributed by atoms with E-state index in [9.17, 15) is 0 Å². The van der Waals surface area contributed by atoms with Gasteiger partial charge in [-0.15, -0.1) is 0 Å². The molecule has 0 fully saturated rings. The van der Waals surface area contributed by atoms with Crippen LogP contribution < -0.4 is 20.7 Å². The predicted octanol–water partition coefficient (Wildman–Crippen LogP) is 13.4. The summed E-state index contributed by atoms with van der Waals surface area (Å²) in [6.07, 6.45) is 0. The van der Waals surface area contributed by atoms with Gasteiger partial charge in [0.2, 0.25) is 0 Å². The van der Waals surface area contributed by atoms with E-state index in [1.54, 1.807) is 10.4 Å². The third-order valence-electron chi connectivity index (χ3n) is 14.0. The zero-order chi connectivity index (χ0) is 40.3. The molecule has 0 radical (unpaired) electrons. The molecule has 60 heavy (non-hydrogen) atoms. The van der Waals surface area contributed by atoms with E-state index >= 15 is 0 Å². The molecule has 2 aliphatic heterocycles. The van der Waals surface area contributed by atoms with Gasteiger partial charge in [0.05, 0.1) is 0 Å². The molecule has 0 unspecified atom stereocenters. The topological polar surface area (TPSA) is 0 Å². The van der Waals surface area contributed by atoms with Crippen LogP contribution in [-0.4, -0.2) is 16.1 Å². The van der Waals surface area contributed by atoms with Crippen LogP contribution in [0.1, 0.15) is 0 Å². The first-order valence-electron chi connectivity index (χ1n) is 21.3. The standard InChI is InChI=1S/C58H44Si2/c1-59(2)53-29-30-54-58-48(46-26-24-44(36-56(46)60(54,3)4)52-34-42-22-14-12-20-40(42)32-50(52)38-17-9-6-10-18-38)28-27-47(57(53)58)45-25-23-43(35-55(45)59)51-33-41-21-13-11-19-39(41)31-49(51)37-15-7-5-8-16-37/h5-36H,1-4H3. The first-order valence-corrected chi connectivity index (χ1v) is 27.3. The second-order valence-corrected chi connectivity index (χ2v) is 26.7. The molecular formula is C58H44Si2. The van der Waals surface area contributed by atoms with Crippen LogP contribution in [0.2, 0.25) is 26.2 Å². The molecule has 0 N–H and O–H groups in total. The molecule has 0 aliphatic carbocycles. The van der Waals surface area contributed by atoms with Gasteiger partial charge in [-0.3, -0.25) is 0 Å². The fraction of sp³-hybridized carbons (Fsp3) is 0.0690. The Balaban J connectivity index is 1.03. The maximum atomic E-state index is 2.58. The van der Waals surface area contributed by atoms with E-state index in [0.717, 1.165) is 0 Å². The molecule has 0 nitrogen and oxygen atoms in total. The number of hydrogen-bond donors (Lipinski definition) is 0. The third kappa shape index (κ3) is 5.14. The fourth-order valence-corrected chi connectivity index (χ4v) is 17.0. The zero-order valence-corrected chi connectivity index (χ0v) is 36.5. The minimum absolute atomic E-state index is 1.25.